The van der Waals surface area contributed by atoms with Crippen LogP contribution in [0.15, 0.2) is 18.2 Å². The average molecular weight is 296 g/mol. The first-order valence-electron chi connectivity index (χ1n) is 6.65. The summed E-state index contributed by atoms with van der Waals surface area (Å²) in [5.41, 5.74) is 1.20. The topological polar surface area (TPSA) is 24.9 Å². The minimum absolute atomic E-state index is 0.338. The number of nitrogens with zero attached hydrogens (tertiary/aromatic N) is 1. The largest absolute Gasteiger partial charge is 0.305 e. The molecule has 1 atom stereocenters. The Morgan fingerprint density at radius 2 is 2.05 bits per heavy atom. The zero-order chi connectivity index (χ0) is 14.7. The van der Waals surface area contributed by atoms with Crippen LogP contribution in [0.4, 0.5) is 8.78 Å². The van der Waals surface area contributed by atoms with Crippen molar-refractivity contribution in [1.82, 2.24) is 10.3 Å². The van der Waals surface area contributed by atoms with Crippen molar-refractivity contribution < 1.29 is 8.78 Å². The Balaban J connectivity index is 2.46. The van der Waals surface area contributed by atoms with Gasteiger partial charge in [0.2, 0.25) is 0 Å². The van der Waals surface area contributed by atoms with Gasteiger partial charge >= 0.3 is 0 Å². The summed E-state index contributed by atoms with van der Waals surface area (Å²) in [6, 6.07) is 3.23. The summed E-state index contributed by atoms with van der Waals surface area (Å²) in [6.07, 6.45) is 0.921. The molecule has 1 aromatic carbocycles. The van der Waals surface area contributed by atoms with E-state index < -0.39 is 11.6 Å². The van der Waals surface area contributed by atoms with Crippen molar-refractivity contribution in [2.45, 2.75) is 33.2 Å². The lowest BCUT2D eigenvalue weighted by molar-refractivity contribution is 0.537. The third-order valence-corrected chi connectivity index (χ3v) is 4.21. The molecular formula is C15H18F2N2S. The van der Waals surface area contributed by atoms with E-state index in [1.165, 1.54) is 23.5 Å². The van der Waals surface area contributed by atoms with Crippen LogP contribution in [0.3, 0.4) is 0 Å². The number of hydrogen-bond acceptors (Lipinski definition) is 3. The molecule has 1 aromatic heterocycles. The second-order valence-corrected chi connectivity index (χ2v) is 5.97. The smallest absolute Gasteiger partial charge is 0.128 e. The van der Waals surface area contributed by atoms with E-state index in [0.29, 0.717) is 5.56 Å². The molecule has 2 rings (SSSR count). The molecule has 0 fully saturated rings. The van der Waals surface area contributed by atoms with Crippen molar-refractivity contribution in [3.05, 3.63) is 51.0 Å². The van der Waals surface area contributed by atoms with E-state index in [1.807, 2.05) is 20.8 Å². The van der Waals surface area contributed by atoms with Crippen molar-refractivity contribution in [1.29, 1.82) is 0 Å². The fourth-order valence-electron chi connectivity index (χ4n) is 2.18. The van der Waals surface area contributed by atoms with Crippen LogP contribution in [0.5, 0.6) is 0 Å². The summed E-state index contributed by atoms with van der Waals surface area (Å²) in [5.74, 6) is -0.825. The van der Waals surface area contributed by atoms with Crippen LogP contribution in [0.1, 0.15) is 40.5 Å². The number of rotatable bonds is 5. The van der Waals surface area contributed by atoms with Crippen LogP contribution in [0.2, 0.25) is 0 Å². The van der Waals surface area contributed by atoms with Gasteiger partial charge in [-0.05, 0) is 45.0 Å². The molecule has 2 nitrogen and oxygen atoms in total. The minimum atomic E-state index is -0.427. The lowest BCUT2D eigenvalue weighted by Crippen LogP contribution is -2.24. The molecule has 0 radical (unpaired) electrons. The second-order valence-electron chi connectivity index (χ2n) is 4.74. The highest BCUT2D eigenvalue weighted by Crippen LogP contribution is 2.31. The van der Waals surface area contributed by atoms with Crippen molar-refractivity contribution in [3.8, 4) is 0 Å². The van der Waals surface area contributed by atoms with Gasteiger partial charge < -0.3 is 5.32 Å². The van der Waals surface area contributed by atoms with Gasteiger partial charge in [-0.2, -0.15) is 0 Å². The lowest BCUT2D eigenvalue weighted by Gasteiger charge is -2.19. The summed E-state index contributed by atoms with van der Waals surface area (Å²) in [5, 5.41) is 4.22. The SMILES string of the molecule is CCCNC(c1cc(F)ccc1F)c1sc(C)nc1C. The van der Waals surface area contributed by atoms with E-state index in [9.17, 15) is 8.78 Å². The molecule has 0 bridgehead atoms. The molecule has 1 unspecified atom stereocenters. The van der Waals surface area contributed by atoms with Crippen LogP contribution in [0.25, 0.3) is 0 Å². The van der Waals surface area contributed by atoms with E-state index >= 15 is 0 Å². The zero-order valence-electron chi connectivity index (χ0n) is 11.8. The first kappa shape index (κ1) is 15.1. The number of thiazole rings is 1. The number of benzene rings is 1. The zero-order valence-corrected chi connectivity index (χ0v) is 12.7. The van der Waals surface area contributed by atoms with Crippen LogP contribution < -0.4 is 5.32 Å². The van der Waals surface area contributed by atoms with Gasteiger partial charge in [0.05, 0.1) is 16.7 Å². The van der Waals surface area contributed by atoms with Gasteiger partial charge in [0.1, 0.15) is 11.6 Å². The van der Waals surface area contributed by atoms with Gasteiger partial charge in [0.15, 0.2) is 0 Å². The van der Waals surface area contributed by atoms with Crippen molar-refractivity contribution in [3.63, 3.8) is 0 Å². The van der Waals surface area contributed by atoms with Gasteiger partial charge in [-0.15, -0.1) is 11.3 Å². The van der Waals surface area contributed by atoms with Gasteiger partial charge in [0, 0.05) is 10.4 Å². The molecule has 108 valence electrons. The highest BCUT2D eigenvalue weighted by molar-refractivity contribution is 7.11. The van der Waals surface area contributed by atoms with Crippen molar-refractivity contribution in [2.24, 2.45) is 0 Å². The lowest BCUT2D eigenvalue weighted by atomic mass is 10.0. The van der Waals surface area contributed by atoms with Gasteiger partial charge in [-0.25, -0.2) is 13.8 Å². The fraction of sp³-hybridized carbons (Fsp3) is 0.400. The molecule has 0 aliphatic heterocycles. The third-order valence-electron chi connectivity index (χ3n) is 3.07. The Labute approximate surface area is 121 Å². The molecule has 0 saturated heterocycles. The monoisotopic (exact) mass is 296 g/mol. The van der Waals surface area contributed by atoms with Crippen LogP contribution >= 0.6 is 11.3 Å². The molecule has 0 spiro atoms. The Morgan fingerprint density at radius 3 is 2.65 bits per heavy atom. The minimum Gasteiger partial charge on any atom is -0.305 e. The Morgan fingerprint density at radius 1 is 1.30 bits per heavy atom. The predicted octanol–water partition coefficient (Wildman–Crippen LogP) is 4.13. The standard InChI is InChI=1S/C15H18F2N2S/c1-4-7-18-14(15-9(2)19-10(3)20-15)12-8-11(16)5-6-13(12)17/h5-6,8,14,18H,4,7H2,1-3H3. The molecular weight excluding hydrogens is 278 g/mol. The second kappa shape index (κ2) is 6.41. The molecule has 0 aliphatic rings. The molecule has 20 heavy (non-hydrogen) atoms. The van der Waals surface area contributed by atoms with Gasteiger partial charge in [-0.1, -0.05) is 6.92 Å². The van der Waals surface area contributed by atoms with Gasteiger partial charge in [-0.3, -0.25) is 0 Å². The first-order chi connectivity index (χ1) is 9.52. The van der Waals surface area contributed by atoms with Crippen LogP contribution in [0, 0.1) is 25.5 Å². The maximum absolute atomic E-state index is 14.0. The molecule has 0 aliphatic carbocycles. The summed E-state index contributed by atoms with van der Waals surface area (Å²) in [4.78, 5) is 5.32. The number of nitrogens with one attached hydrogen (secondary N) is 1. The maximum Gasteiger partial charge on any atom is 0.128 e. The summed E-state index contributed by atoms with van der Waals surface area (Å²) < 4.78 is 27.5. The fourth-order valence-corrected chi connectivity index (χ4v) is 3.21. The maximum atomic E-state index is 14.0. The number of aromatic nitrogens is 1. The Hall–Kier alpha value is -1.33. The number of halogens is 2. The van der Waals surface area contributed by atoms with E-state index in [4.69, 9.17) is 0 Å². The molecule has 0 saturated carbocycles. The first-order valence-corrected chi connectivity index (χ1v) is 7.46. The summed E-state index contributed by atoms with van der Waals surface area (Å²) in [7, 11) is 0. The van der Waals surface area contributed by atoms with E-state index in [0.717, 1.165) is 34.6 Å². The van der Waals surface area contributed by atoms with Crippen LogP contribution in [-0.2, 0) is 0 Å². The summed E-state index contributed by atoms with van der Waals surface area (Å²) in [6.45, 7) is 6.59. The highest BCUT2D eigenvalue weighted by atomic mass is 32.1. The van der Waals surface area contributed by atoms with Crippen molar-refractivity contribution in [2.75, 3.05) is 6.54 Å². The molecule has 5 heteroatoms. The normalized spacial score (nSPS) is 12.7. The molecule has 0 amide bonds. The number of aryl methyl sites for hydroxylation is 2. The Bertz CT molecular complexity index is 596. The molecule has 1 N–H and O–H groups in total. The van der Waals surface area contributed by atoms with E-state index in [1.54, 1.807) is 0 Å². The highest BCUT2D eigenvalue weighted by Gasteiger charge is 2.22. The van der Waals surface area contributed by atoms with Crippen molar-refractivity contribution >= 4 is 11.3 Å². The summed E-state index contributed by atoms with van der Waals surface area (Å²) >= 11 is 1.52. The third kappa shape index (κ3) is 3.22. The number of hydrogen-bond donors (Lipinski definition) is 1. The van der Waals surface area contributed by atoms with E-state index in [-0.39, 0.29) is 6.04 Å². The molecule has 1 heterocycles. The molecule has 2 aromatic rings. The van der Waals surface area contributed by atoms with E-state index in [2.05, 4.69) is 10.3 Å². The van der Waals surface area contributed by atoms with Crippen LogP contribution in [-0.4, -0.2) is 11.5 Å². The predicted molar refractivity (Wildman–Crippen MR) is 78.1 cm³/mol. The Kier molecular flexibility index (Phi) is 4.83. The van der Waals surface area contributed by atoms with Gasteiger partial charge in [0.25, 0.3) is 0 Å². The quantitative estimate of drug-likeness (QED) is 0.897. The average Bonchev–Trinajstić information content (AvgIpc) is 2.73.